The van der Waals surface area contributed by atoms with E-state index in [9.17, 15) is 9.59 Å². The molecule has 2 amide bonds. The standard InChI is InChI=1S/C22H30N2O4/c1-20(2,3)28-18(25)23-22-14-21(9-10-21)11-17(22)12-24(15-22)19(26)27-13-16-7-5-4-6-8-16/h4-8,17H,9-15H2,1-3H3,(H,23,25)/t17-,22+/m1/s1. The quantitative estimate of drug-likeness (QED) is 0.849. The SMILES string of the molecule is CC(C)(C)OC(=O)N[C@@]12CN(C(=O)OCc3ccccc3)C[C@H]1CC1(CC1)C2. The van der Waals surface area contributed by atoms with Crippen LogP contribution in [-0.4, -0.2) is 41.3 Å². The van der Waals surface area contributed by atoms with Gasteiger partial charge >= 0.3 is 12.2 Å². The van der Waals surface area contributed by atoms with Crippen molar-refractivity contribution in [2.45, 2.75) is 64.2 Å². The van der Waals surface area contributed by atoms with Crippen LogP contribution in [0.25, 0.3) is 0 Å². The van der Waals surface area contributed by atoms with Crippen LogP contribution in [0, 0.1) is 11.3 Å². The van der Waals surface area contributed by atoms with Crippen LogP contribution >= 0.6 is 0 Å². The molecule has 1 aromatic carbocycles. The topological polar surface area (TPSA) is 67.9 Å². The number of fused-ring (bicyclic) bond motifs is 1. The summed E-state index contributed by atoms with van der Waals surface area (Å²) in [6.45, 7) is 6.97. The summed E-state index contributed by atoms with van der Waals surface area (Å²) in [5.41, 5.74) is 0.386. The molecule has 1 N–H and O–H groups in total. The van der Waals surface area contributed by atoms with Crippen molar-refractivity contribution in [1.29, 1.82) is 0 Å². The number of hydrogen-bond acceptors (Lipinski definition) is 4. The maximum atomic E-state index is 12.6. The van der Waals surface area contributed by atoms with Crippen molar-refractivity contribution in [2.75, 3.05) is 13.1 Å². The fraction of sp³-hybridized carbons (Fsp3) is 0.636. The molecule has 4 rings (SSSR count). The van der Waals surface area contributed by atoms with E-state index >= 15 is 0 Å². The molecular formula is C22H30N2O4. The van der Waals surface area contributed by atoms with Crippen LogP contribution in [0.3, 0.4) is 0 Å². The second-order valence-electron chi connectivity index (χ2n) is 9.78. The Bertz CT molecular complexity index is 754. The van der Waals surface area contributed by atoms with Gasteiger partial charge in [0.2, 0.25) is 0 Å². The van der Waals surface area contributed by atoms with Crippen LogP contribution in [0.5, 0.6) is 0 Å². The average Bonchev–Trinajstić information content (AvgIpc) is 3.17. The molecule has 6 nitrogen and oxygen atoms in total. The van der Waals surface area contributed by atoms with Crippen LogP contribution in [-0.2, 0) is 16.1 Å². The molecule has 2 saturated carbocycles. The third kappa shape index (κ3) is 3.96. The van der Waals surface area contributed by atoms with Crippen molar-refractivity contribution in [1.82, 2.24) is 10.2 Å². The Morgan fingerprint density at radius 3 is 2.57 bits per heavy atom. The summed E-state index contributed by atoms with van der Waals surface area (Å²) in [4.78, 5) is 26.9. The molecular weight excluding hydrogens is 356 g/mol. The van der Waals surface area contributed by atoms with E-state index in [1.807, 2.05) is 51.1 Å². The van der Waals surface area contributed by atoms with Gasteiger partial charge in [0.15, 0.2) is 0 Å². The Balaban J connectivity index is 1.41. The predicted octanol–water partition coefficient (Wildman–Crippen LogP) is 4.09. The van der Waals surface area contributed by atoms with E-state index in [2.05, 4.69) is 5.32 Å². The molecule has 1 aromatic rings. The number of likely N-dealkylation sites (tertiary alicyclic amines) is 1. The molecule has 0 unspecified atom stereocenters. The fourth-order valence-electron chi connectivity index (χ4n) is 4.90. The normalized spacial score (nSPS) is 27.4. The smallest absolute Gasteiger partial charge is 0.410 e. The first kappa shape index (κ1) is 19.1. The van der Waals surface area contributed by atoms with Gasteiger partial charge in [-0.3, -0.25) is 0 Å². The van der Waals surface area contributed by atoms with Gasteiger partial charge in [-0.2, -0.15) is 0 Å². The summed E-state index contributed by atoms with van der Waals surface area (Å²) < 4.78 is 11.0. The molecule has 0 radical (unpaired) electrons. The zero-order chi connectivity index (χ0) is 20.0. The number of hydrogen-bond donors (Lipinski definition) is 1. The van der Waals surface area contributed by atoms with Gasteiger partial charge in [0.05, 0.1) is 5.54 Å². The Labute approximate surface area is 166 Å². The highest BCUT2D eigenvalue weighted by Crippen LogP contribution is 2.64. The van der Waals surface area contributed by atoms with Gasteiger partial charge in [0, 0.05) is 19.0 Å². The summed E-state index contributed by atoms with van der Waals surface area (Å²) in [6, 6.07) is 9.67. The molecule has 2 atom stereocenters. The first-order chi connectivity index (χ1) is 13.2. The van der Waals surface area contributed by atoms with Crippen LogP contribution in [0.15, 0.2) is 30.3 Å². The number of carbonyl (C=O) groups excluding carboxylic acids is 2. The lowest BCUT2D eigenvalue weighted by molar-refractivity contribution is 0.0437. The van der Waals surface area contributed by atoms with Gasteiger partial charge in [-0.15, -0.1) is 0 Å². The number of ether oxygens (including phenoxy) is 2. The highest BCUT2D eigenvalue weighted by atomic mass is 16.6. The van der Waals surface area contributed by atoms with Crippen LogP contribution in [0.2, 0.25) is 0 Å². The van der Waals surface area contributed by atoms with E-state index in [4.69, 9.17) is 9.47 Å². The van der Waals surface area contributed by atoms with Gasteiger partial charge in [-0.05, 0) is 57.4 Å². The maximum absolute atomic E-state index is 12.6. The fourth-order valence-corrected chi connectivity index (χ4v) is 4.90. The second-order valence-corrected chi connectivity index (χ2v) is 9.78. The number of rotatable bonds is 3. The molecule has 2 aliphatic carbocycles. The second kappa shape index (κ2) is 6.68. The van der Waals surface area contributed by atoms with E-state index in [1.165, 1.54) is 12.8 Å². The van der Waals surface area contributed by atoms with E-state index in [-0.39, 0.29) is 18.6 Å². The average molecular weight is 386 g/mol. The van der Waals surface area contributed by atoms with E-state index in [0.29, 0.717) is 18.5 Å². The molecule has 1 aliphatic heterocycles. The molecule has 3 aliphatic rings. The summed E-state index contributed by atoms with van der Waals surface area (Å²) >= 11 is 0. The highest BCUT2D eigenvalue weighted by Gasteiger charge is 2.64. The molecule has 152 valence electrons. The van der Waals surface area contributed by atoms with E-state index in [0.717, 1.165) is 18.4 Å². The van der Waals surface area contributed by atoms with Crippen LogP contribution in [0.4, 0.5) is 9.59 Å². The molecule has 6 heteroatoms. The third-order valence-corrected chi connectivity index (χ3v) is 6.24. The molecule has 1 heterocycles. The summed E-state index contributed by atoms with van der Waals surface area (Å²) in [6.07, 6.45) is 3.72. The lowest BCUT2D eigenvalue weighted by Gasteiger charge is -2.32. The van der Waals surface area contributed by atoms with Crippen molar-refractivity contribution in [3.05, 3.63) is 35.9 Å². The highest BCUT2D eigenvalue weighted by molar-refractivity contribution is 5.71. The van der Waals surface area contributed by atoms with E-state index < -0.39 is 17.2 Å². The van der Waals surface area contributed by atoms with Gasteiger partial charge < -0.3 is 19.7 Å². The van der Waals surface area contributed by atoms with Gasteiger partial charge in [-0.1, -0.05) is 30.3 Å². The van der Waals surface area contributed by atoms with Crippen molar-refractivity contribution in [3.63, 3.8) is 0 Å². The number of carbonyl (C=O) groups is 2. The summed E-state index contributed by atoms with van der Waals surface area (Å²) in [5, 5.41) is 3.15. The summed E-state index contributed by atoms with van der Waals surface area (Å²) in [7, 11) is 0. The van der Waals surface area contributed by atoms with Crippen LogP contribution < -0.4 is 5.32 Å². The number of alkyl carbamates (subject to hydrolysis) is 1. The Morgan fingerprint density at radius 1 is 1.21 bits per heavy atom. The molecule has 0 aromatic heterocycles. The predicted molar refractivity (Wildman–Crippen MR) is 105 cm³/mol. The van der Waals surface area contributed by atoms with Crippen molar-refractivity contribution < 1.29 is 19.1 Å². The Kier molecular flexibility index (Phi) is 4.55. The molecule has 28 heavy (non-hydrogen) atoms. The number of nitrogens with one attached hydrogen (secondary N) is 1. The number of nitrogens with zero attached hydrogens (tertiary/aromatic N) is 1. The minimum absolute atomic E-state index is 0.256. The Hall–Kier alpha value is -2.24. The van der Waals surface area contributed by atoms with Crippen molar-refractivity contribution in [2.24, 2.45) is 11.3 Å². The molecule has 3 fully saturated rings. The largest absolute Gasteiger partial charge is 0.445 e. The maximum Gasteiger partial charge on any atom is 0.410 e. The minimum atomic E-state index is -0.543. The zero-order valence-electron chi connectivity index (χ0n) is 17.0. The first-order valence-corrected chi connectivity index (χ1v) is 10.2. The summed E-state index contributed by atoms with van der Waals surface area (Å²) in [5.74, 6) is 0.256. The van der Waals surface area contributed by atoms with Crippen LogP contribution in [0.1, 0.15) is 52.0 Å². The van der Waals surface area contributed by atoms with E-state index in [1.54, 1.807) is 4.90 Å². The lowest BCUT2D eigenvalue weighted by Crippen LogP contribution is -2.53. The first-order valence-electron chi connectivity index (χ1n) is 10.2. The zero-order valence-corrected chi connectivity index (χ0v) is 17.0. The Morgan fingerprint density at radius 2 is 1.93 bits per heavy atom. The van der Waals surface area contributed by atoms with Crippen molar-refractivity contribution >= 4 is 12.2 Å². The number of amides is 2. The monoisotopic (exact) mass is 386 g/mol. The lowest BCUT2D eigenvalue weighted by atomic mass is 9.90. The number of benzene rings is 1. The molecule has 1 saturated heterocycles. The van der Waals surface area contributed by atoms with Gasteiger partial charge in [-0.25, -0.2) is 9.59 Å². The molecule has 0 bridgehead atoms. The third-order valence-electron chi connectivity index (χ3n) is 6.24. The minimum Gasteiger partial charge on any atom is -0.445 e. The van der Waals surface area contributed by atoms with Crippen molar-refractivity contribution in [3.8, 4) is 0 Å². The molecule has 1 spiro atoms. The van der Waals surface area contributed by atoms with Gasteiger partial charge in [0.1, 0.15) is 12.2 Å². The van der Waals surface area contributed by atoms with Gasteiger partial charge in [0.25, 0.3) is 0 Å².